The first-order valence-electron chi connectivity index (χ1n) is 10.2. The SMILES string of the molecule is Cn1c(C(C)(C)O)nc2cc(C(=O)Nc3ccc(OC(F)(F)Cl)cc3)cc(-c3cccnc3)c21. The third-order valence-corrected chi connectivity index (χ3v) is 5.17. The van der Waals surface area contributed by atoms with Gasteiger partial charge in [0.2, 0.25) is 0 Å². The van der Waals surface area contributed by atoms with Gasteiger partial charge >= 0.3 is 5.57 Å². The quantitative estimate of drug-likeness (QED) is 0.362. The van der Waals surface area contributed by atoms with Crippen molar-refractivity contribution in [2.75, 3.05) is 5.32 Å². The van der Waals surface area contributed by atoms with Gasteiger partial charge in [-0.15, -0.1) is 8.78 Å². The monoisotopic (exact) mass is 486 g/mol. The van der Waals surface area contributed by atoms with Crippen LogP contribution in [0.15, 0.2) is 60.9 Å². The molecule has 0 atom stereocenters. The molecule has 0 aliphatic heterocycles. The molecule has 7 nitrogen and oxygen atoms in total. The Kier molecular flexibility index (Phi) is 6.01. The second kappa shape index (κ2) is 8.66. The number of nitrogens with zero attached hydrogens (tertiary/aromatic N) is 3. The fourth-order valence-corrected chi connectivity index (χ4v) is 3.80. The fraction of sp³-hybridized carbons (Fsp3) is 0.208. The van der Waals surface area contributed by atoms with Crippen molar-refractivity contribution >= 4 is 34.2 Å². The maximum absolute atomic E-state index is 13.1. The zero-order valence-electron chi connectivity index (χ0n) is 18.5. The number of anilines is 1. The Labute approximate surface area is 199 Å². The number of fused-ring (bicyclic) bond motifs is 1. The topological polar surface area (TPSA) is 89.3 Å². The van der Waals surface area contributed by atoms with Gasteiger partial charge in [-0.2, -0.15) is 0 Å². The Bertz CT molecular complexity index is 1350. The average molecular weight is 487 g/mol. The molecule has 10 heteroatoms. The third-order valence-electron chi connectivity index (χ3n) is 5.10. The van der Waals surface area contributed by atoms with Gasteiger partial charge < -0.3 is 19.7 Å². The molecule has 0 bridgehead atoms. The summed E-state index contributed by atoms with van der Waals surface area (Å²) >= 11 is 4.77. The van der Waals surface area contributed by atoms with Crippen LogP contribution in [0.3, 0.4) is 0 Å². The standard InChI is InChI=1S/C24H21ClF2N4O3/c1-23(2,33)22-30-19-12-15(11-18(20(19)31(22)3)14-5-4-10-28-13-14)21(32)29-16-6-8-17(9-7-16)34-24(25,26)27/h4-13,33H,1-3H3,(H,29,32). The highest BCUT2D eigenvalue weighted by molar-refractivity contribution is 6.20. The maximum Gasteiger partial charge on any atom is 0.487 e. The van der Waals surface area contributed by atoms with Crippen molar-refractivity contribution in [2.45, 2.75) is 25.0 Å². The molecule has 0 aliphatic carbocycles. The van der Waals surface area contributed by atoms with Gasteiger partial charge in [0.15, 0.2) is 0 Å². The summed E-state index contributed by atoms with van der Waals surface area (Å²) in [5.41, 5.74) is -1.58. The number of rotatable bonds is 6. The Balaban J connectivity index is 1.73. The van der Waals surface area contributed by atoms with Crippen LogP contribution in [-0.4, -0.2) is 31.1 Å². The van der Waals surface area contributed by atoms with Crippen molar-refractivity contribution in [3.8, 4) is 16.9 Å². The summed E-state index contributed by atoms with van der Waals surface area (Å²) in [5.74, 6) is -0.137. The zero-order chi connectivity index (χ0) is 24.7. The first-order chi connectivity index (χ1) is 15.9. The highest BCUT2D eigenvalue weighted by atomic mass is 35.5. The normalized spacial score (nSPS) is 12.1. The van der Waals surface area contributed by atoms with E-state index in [0.717, 1.165) is 11.1 Å². The van der Waals surface area contributed by atoms with E-state index in [4.69, 9.17) is 11.6 Å². The molecule has 0 aliphatic rings. The molecule has 0 radical (unpaired) electrons. The second-order valence-corrected chi connectivity index (χ2v) is 8.65. The van der Waals surface area contributed by atoms with Crippen molar-refractivity contribution in [3.63, 3.8) is 0 Å². The predicted molar refractivity (Wildman–Crippen MR) is 125 cm³/mol. The van der Waals surface area contributed by atoms with Crippen molar-refractivity contribution < 1.29 is 23.4 Å². The molecule has 0 saturated heterocycles. The van der Waals surface area contributed by atoms with Gasteiger partial charge in [-0.05, 0) is 56.3 Å². The number of carbonyl (C=O) groups is 1. The number of aromatic nitrogens is 3. The van der Waals surface area contributed by atoms with Crippen molar-refractivity contribution in [2.24, 2.45) is 7.05 Å². The molecule has 2 aromatic carbocycles. The highest BCUT2D eigenvalue weighted by Crippen LogP contribution is 2.33. The van der Waals surface area contributed by atoms with Gasteiger partial charge in [0.1, 0.15) is 17.2 Å². The highest BCUT2D eigenvalue weighted by Gasteiger charge is 2.28. The fourth-order valence-electron chi connectivity index (χ4n) is 3.72. The zero-order valence-corrected chi connectivity index (χ0v) is 19.3. The molecule has 4 aromatic rings. The molecule has 2 aromatic heterocycles. The number of ether oxygens (including phenoxy) is 1. The summed E-state index contributed by atoms with van der Waals surface area (Å²) in [6.45, 7) is 3.28. The summed E-state index contributed by atoms with van der Waals surface area (Å²) in [5, 5.41) is 13.3. The molecule has 1 amide bonds. The van der Waals surface area contributed by atoms with Crippen molar-refractivity contribution in [1.82, 2.24) is 14.5 Å². The van der Waals surface area contributed by atoms with Crippen LogP contribution >= 0.6 is 11.6 Å². The van der Waals surface area contributed by atoms with E-state index in [1.54, 1.807) is 56.1 Å². The Hall–Kier alpha value is -3.56. The largest absolute Gasteiger partial charge is 0.487 e. The number of carbonyl (C=O) groups excluding carboxylic acids is 1. The lowest BCUT2D eigenvalue weighted by Gasteiger charge is -2.17. The molecule has 176 valence electrons. The van der Waals surface area contributed by atoms with E-state index in [2.05, 4.69) is 20.0 Å². The number of benzene rings is 2. The summed E-state index contributed by atoms with van der Waals surface area (Å²) in [4.78, 5) is 21.8. The van der Waals surface area contributed by atoms with Crippen molar-refractivity contribution in [3.05, 3.63) is 72.3 Å². The van der Waals surface area contributed by atoms with Gasteiger partial charge in [0.05, 0.1) is 11.0 Å². The molecule has 0 fully saturated rings. The van der Waals surface area contributed by atoms with Gasteiger partial charge in [-0.3, -0.25) is 9.78 Å². The van der Waals surface area contributed by atoms with E-state index in [0.29, 0.717) is 28.2 Å². The molecule has 4 rings (SSSR count). The lowest BCUT2D eigenvalue weighted by Crippen LogP contribution is -2.20. The number of aryl methyl sites for hydroxylation is 1. The van der Waals surface area contributed by atoms with Crippen LogP contribution in [0.4, 0.5) is 14.5 Å². The summed E-state index contributed by atoms with van der Waals surface area (Å²) < 4.78 is 31.7. The lowest BCUT2D eigenvalue weighted by molar-refractivity contribution is -0.0964. The molecular formula is C24H21ClF2N4O3. The summed E-state index contributed by atoms with van der Waals surface area (Å²) in [7, 11) is 1.80. The Morgan fingerprint density at radius 1 is 1.18 bits per heavy atom. The molecule has 0 saturated carbocycles. The minimum absolute atomic E-state index is 0.147. The van der Waals surface area contributed by atoms with Gasteiger partial charge in [0, 0.05) is 53.4 Å². The first-order valence-corrected chi connectivity index (χ1v) is 10.6. The van der Waals surface area contributed by atoms with E-state index in [-0.39, 0.29) is 5.75 Å². The number of aliphatic hydroxyl groups is 1. The van der Waals surface area contributed by atoms with E-state index in [1.165, 1.54) is 24.3 Å². The van der Waals surface area contributed by atoms with E-state index in [9.17, 15) is 18.7 Å². The summed E-state index contributed by atoms with van der Waals surface area (Å²) in [6.07, 6.45) is 3.33. The van der Waals surface area contributed by atoms with Gasteiger partial charge in [-0.1, -0.05) is 6.07 Å². The first kappa shape index (κ1) is 23.6. The molecule has 34 heavy (non-hydrogen) atoms. The third kappa shape index (κ3) is 5.00. The number of pyridine rings is 1. The lowest BCUT2D eigenvalue weighted by atomic mass is 10.0. The number of hydrogen-bond donors (Lipinski definition) is 2. The van der Waals surface area contributed by atoms with Gasteiger partial charge in [0.25, 0.3) is 5.91 Å². The smallest absolute Gasteiger partial charge is 0.420 e. The van der Waals surface area contributed by atoms with Crippen LogP contribution < -0.4 is 10.1 Å². The minimum atomic E-state index is -3.83. The number of imidazole rings is 1. The number of hydrogen-bond acceptors (Lipinski definition) is 5. The minimum Gasteiger partial charge on any atom is -0.420 e. The van der Waals surface area contributed by atoms with Crippen LogP contribution in [0.5, 0.6) is 5.75 Å². The number of nitrogens with one attached hydrogen (secondary N) is 1. The Morgan fingerprint density at radius 2 is 1.88 bits per heavy atom. The molecule has 0 unspecified atom stereocenters. The van der Waals surface area contributed by atoms with E-state index < -0.39 is 17.1 Å². The van der Waals surface area contributed by atoms with Crippen LogP contribution in [0, 0.1) is 0 Å². The maximum atomic E-state index is 13.1. The average Bonchev–Trinajstić information content (AvgIpc) is 3.11. The number of halogens is 3. The molecular weight excluding hydrogens is 466 g/mol. The molecule has 0 spiro atoms. The predicted octanol–water partition coefficient (Wildman–Crippen LogP) is 5.28. The number of alkyl halides is 3. The molecule has 2 N–H and O–H groups in total. The second-order valence-electron chi connectivity index (χ2n) is 8.21. The van der Waals surface area contributed by atoms with Crippen LogP contribution in [0.1, 0.15) is 30.0 Å². The van der Waals surface area contributed by atoms with Gasteiger partial charge in [-0.25, -0.2) is 4.98 Å². The Morgan fingerprint density at radius 3 is 2.47 bits per heavy atom. The van der Waals surface area contributed by atoms with Crippen molar-refractivity contribution in [1.29, 1.82) is 0 Å². The van der Waals surface area contributed by atoms with Crippen LogP contribution in [0.25, 0.3) is 22.2 Å². The summed E-state index contributed by atoms with van der Waals surface area (Å²) in [6, 6.07) is 12.4. The van der Waals surface area contributed by atoms with Crippen LogP contribution in [-0.2, 0) is 12.6 Å². The van der Waals surface area contributed by atoms with Crippen LogP contribution in [0.2, 0.25) is 0 Å². The molecule has 2 heterocycles. The van der Waals surface area contributed by atoms with E-state index >= 15 is 0 Å². The van der Waals surface area contributed by atoms with E-state index in [1.807, 2.05) is 6.07 Å². The number of amides is 1.